The number of hydrogen-bond donors (Lipinski definition) is 2. The van der Waals surface area contributed by atoms with Gasteiger partial charge in [0.15, 0.2) is 0 Å². The fourth-order valence-corrected chi connectivity index (χ4v) is 6.61. The van der Waals surface area contributed by atoms with Gasteiger partial charge in [-0.2, -0.15) is 0 Å². The molecule has 2 aromatic rings. The van der Waals surface area contributed by atoms with E-state index in [0.29, 0.717) is 43.0 Å². The molecule has 0 amide bonds. The molecular formula is C33H51N3O4. The van der Waals surface area contributed by atoms with Crippen molar-refractivity contribution in [3.05, 3.63) is 56.3 Å². The zero-order valence-electron chi connectivity index (χ0n) is 25.0. The van der Waals surface area contributed by atoms with Gasteiger partial charge in [0.1, 0.15) is 11.4 Å². The number of hydrogen-bond acceptors (Lipinski definition) is 7. The molecule has 3 atom stereocenters. The fraction of sp³-hybridized carbons (Fsp3) is 0.697. The van der Waals surface area contributed by atoms with Crippen molar-refractivity contribution in [1.82, 2.24) is 5.32 Å². The first-order chi connectivity index (χ1) is 19.5. The molecule has 222 valence electrons. The van der Waals surface area contributed by atoms with Crippen LogP contribution in [0.1, 0.15) is 83.3 Å². The van der Waals surface area contributed by atoms with Gasteiger partial charge in [-0.05, 0) is 49.6 Å². The summed E-state index contributed by atoms with van der Waals surface area (Å²) in [5, 5.41) is 7.18. The second kappa shape index (κ2) is 15.7. The lowest BCUT2D eigenvalue weighted by Gasteiger charge is -2.39. The molecule has 1 heterocycles. The van der Waals surface area contributed by atoms with Crippen LogP contribution in [0.2, 0.25) is 0 Å². The zero-order valence-corrected chi connectivity index (χ0v) is 25.0. The van der Waals surface area contributed by atoms with Gasteiger partial charge in [0, 0.05) is 51.9 Å². The van der Waals surface area contributed by atoms with Crippen LogP contribution in [0.15, 0.2) is 39.9 Å². The molecule has 1 aliphatic heterocycles. The molecule has 1 saturated carbocycles. The second-order valence-electron chi connectivity index (χ2n) is 12.4. The quantitative estimate of drug-likeness (QED) is 0.216. The lowest BCUT2D eigenvalue weighted by molar-refractivity contribution is -0.00235. The van der Waals surface area contributed by atoms with Crippen molar-refractivity contribution in [2.24, 2.45) is 17.8 Å². The Morgan fingerprint density at radius 1 is 0.950 bits per heavy atom. The lowest BCUT2D eigenvalue weighted by atomic mass is 9.84. The first kappa shape index (κ1) is 30.7. The molecule has 1 saturated heterocycles. The third-order valence-electron chi connectivity index (χ3n) is 8.64. The van der Waals surface area contributed by atoms with Crippen molar-refractivity contribution < 1.29 is 9.47 Å². The van der Waals surface area contributed by atoms with Crippen molar-refractivity contribution in [1.29, 1.82) is 0 Å². The third-order valence-corrected chi connectivity index (χ3v) is 8.64. The number of anilines is 2. The van der Waals surface area contributed by atoms with E-state index in [1.165, 1.54) is 37.7 Å². The number of benzene rings is 1. The van der Waals surface area contributed by atoms with Gasteiger partial charge in [-0.1, -0.05) is 76.3 Å². The SMILES string of the molecule is COCCCO[C@@H](c1ccccc1)[C@@H]1CCCN(c2c(N[C@H](CNCC(C)C)CC3CCCCC3)c(=O)c2=O)C1. The molecule has 0 aromatic heterocycles. The van der Waals surface area contributed by atoms with E-state index in [9.17, 15) is 9.59 Å². The molecule has 7 nitrogen and oxygen atoms in total. The standard InChI is InChI=1S/C33H51N3O4/c1-24(2)21-34-22-28(20-25-12-6-4-7-13-25)35-29-30(32(38)31(29)37)36-17-10-16-27(23-36)33(40-19-11-18-39-3)26-14-8-5-9-15-26/h5,8-9,14-15,24-25,27-28,33-35H,4,6-7,10-13,16-23H2,1-3H3/t27-,28+,33+/m1/s1. The molecule has 0 bridgehead atoms. The molecule has 7 heteroatoms. The first-order valence-electron chi connectivity index (χ1n) is 15.7. The summed E-state index contributed by atoms with van der Waals surface area (Å²) in [7, 11) is 1.71. The summed E-state index contributed by atoms with van der Waals surface area (Å²) in [6.45, 7) is 8.97. The Bertz CT molecular complexity index is 1080. The molecule has 2 fully saturated rings. The van der Waals surface area contributed by atoms with Gasteiger partial charge in [0.25, 0.3) is 10.9 Å². The van der Waals surface area contributed by atoms with E-state index in [1.54, 1.807) is 7.11 Å². The summed E-state index contributed by atoms with van der Waals surface area (Å²) in [6, 6.07) is 10.5. The summed E-state index contributed by atoms with van der Waals surface area (Å²) >= 11 is 0. The van der Waals surface area contributed by atoms with E-state index in [0.717, 1.165) is 45.3 Å². The normalized spacial score (nSPS) is 20.2. The number of nitrogens with one attached hydrogen (secondary N) is 2. The molecule has 4 rings (SSSR count). The molecule has 2 aliphatic rings. The first-order valence-corrected chi connectivity index (χ1v) is 15.7. The molecular weight excluding hydrogens is 502 g/mol. The highest BCUT2D eigenvalue weighted by Crippen LogP contribution is 2.36. The summed E-state index contributed by atoms with van der Waals surface area (Å²) in [5.41, 5.74) is 1.60. The number of ether oxygens (including phenoxy) is 2. The van der Waals surface area contributed by atoms with Crippen molar-refractivity contribution >= 4 is 11.4 Å². The summed E-state index contributed by atoms with van der Waals surface area (Å²) < 4.78 is 11.7. The van der Waals surface area contributed by atoms with Gasteiger partial charge in [0.05, 0.1) is 6.10 Å². The van der Waals surface area contributed by atoms with E-state index in [1.807, 2.05) is 6.07 Å². The molecule has 1 aliphatic carbocycles. The smallest absolute Gasteiger partial charge is 0.253 e. The molecule has 0 unspecified atom stereocenters. The number of rotatable bonds is 16. The Morgan fingerprint density at radius 3 is 2.45 bits per heavy atom. The maximum absolute atomic E-state index is 13.0. The number of methoxy groups -OCH3 is 1. The maximum atomic E-state index is 13.0. The minimum absolute atomic E-state index is 0.0528. The van der Waals surface area contributed by atoms with Gasteiger partial charge in [-0.25, -0.2) is 0 Å². The van der Waals surface area contributed by atoms with Gasteiger partial charge >= 0.3 is 0 Å². The van der Waals surface area contributed by atoms with Crippen LogP contribution >= 0.6 is 0 Å². The summed E-state index contributed by atoms with van der Waals surface area (Å²) in [5.74, 6) is 1.49. The highest BCUT2D eigenvalue weighted by atomic mass is 16.5. The number of piperidine rings is 1. The lowest BCUT2D eigenvalue weighted by Crippen LogP contribution is -2.49. The predicted octanol–water partition coefficient (Wildman–Crippen LogP) is 5.29. The van der Waals surface area contributed by atoms with Crippen molar-refractivity contribution in [2.75, 3.05) is 56.7 Å². The minimum atomic E-state index is -0.356. The Balaban J connectivity index is 1.48. The van der Waals surface area contributed by atoms with E-state index in [4.69, 9.17) is 9.47 Å². The average Bonchev–Trinajstić information content (AvgIpc) is 2.97. The molecule has 0 radical (unpaired) electrons. The Labute approximate surface area is 240 Å². The fourth-order valence-electron chi connectivity index (χ4n) is 6.61. The van der Waals surface area contributed by atoms with Gasteiger partial charge < -0.3 is 25.0 Å². The largest absolute Gasteiger partial charge is 0.385 e. The maximum Gasteiger partial charge on any atom is 0.253 e. The van der Waals surface area contributed by atoms with E-state index >= 15 is 0 Å². The third kappa shape index (κ3) is 8.40. The predicted molar refractivity (Wildman–Crippen MR) is 164 cm³/mol. The average molecular weight is 554 g/mol. The van der Waals surface area contributed by atoms with E-state index < -0.39 is 0 Å². The van der Waals surface area contributed by atoms with Crippen molar-refractivity contribution in [3.63, 3.8) is 0 Å². The molecule has 2 aromatic carbocycles. The van der Waals surface area contributed by atoms with Gasteiger partial charge in [-0.3, -0.25) is 9.59 Å². The van der Waals surface area contributed by atoms with Crippen LogP contribution in [0.25, 0.3) is 0 Å². The summed E-state index contributed by atoms with van der Waals surface area (Å²) in [6.07, 6.45) is 10.3. The van der Waals surface area contributed by atoms with E-state index in [2.05, 4.69) is 53.6 Å². The van der Waals surface area contributed by atoms with Gasteiger partial charge in [0.2, 0.25) is 0 Å². The van der Waals surface area contributed by atoms with Crippen molar-refractivity contribution in [3.8, 4) is 0 Å². The zero-order chi connectivity index (χ0) is 28.3. The Hall–Kier alpha value is -2.22. The molecule has 0 spiro atoms. The molecule has 40 heavy (non-hydrogen) atoms. The van der Waals surface area contributed by atoms with Crippen LogP contribution < -0.4 is 26.4 Å². The Morgan fingerprint density at radius 2 is 1.73 bits per heavy atom. The molecule has 2 N–H and O–H groups in total. The van der Waals surface area contributed by atoms with Crippen LogP contribution in [-0.4, -0.2) is 52.5 Å². The van der Waals surface area contributed by atoms with Crippen LogP contribution in [0.3, 0.4) is 0 Å². The topological polar surface area (TPSA) is 79.9 Å². The highest BCUT2D eigenvalue weighted by Gasteiger charge is 2.34. The number of nitrogens with zero attached hydrogens (tertiary/aromatic N) is 1. The van der Waals surface area contributed by atoms with Crippen LogP contribution in [0.5, 0.6) is 0 Å². The summed E-state index contributed by atoms with van der Waals surface area (Å²) in [4.78, 5) is 28.1. The van der Waals surface area contributed by atoms with Crippen molar-refractivity contribution in [2.45, 2.75) is 83.8 Å². The monoisotopic (exact) mass is 553 g/mol. The second-order valence-corrected chi connectivity index (χ2v) is 12.4. The minimum Gasteiger partial charge on any atom is -0.385 e. The van der Waals surface area contributed by atoms with Gasteiger partial charge in [-0.15, -0.1) is 0 Å². The van der Waals surface area contributed by atoms with Crippen LogP contribution in [0.4, 0.5) is 11.4 Å². The van der Waals surface area contributed by atoms with E-state index in [-0.39, 0.29) is 28.9 Å². The highest BCUT2D eigenvalue weighted by molar-refractivity contribution is 5.75. The van der Waals surface area contributed by atoms with Crippen LogP contribution in [-0.2, 0) is 9.47 Å². The van der Waals surface area contributed by atoms with Crippen LogP contribution in [0, 0.1) is 17.8 Å². The Kier molecular flexibility index (Phi) is 12.1.